The smallest absolute Gasteiger partial charge is 0.347 e. The Morgan fingerprint density at radius 2 is 1.96 bits per heavy atom. The van der Waals surface area contributed by atoms with E-state index in [0.29, 0.717) is 28.6 Å². The highest BCUT2D eigenvalue weighted by Gasteiger charge is 2.19. The van der Waals surface area contributed by atoms with Crippen LogP contribution < -0.4 is 20.8 Å². The summed E-state index contributed by atoms with van der Waals surface area (Å²) in [5.74, 6) is 1.39. The van der Waals surface area contributed by atoms with Crippen molar-refractivity contribution in [2.45, 2.75) is 6.92 Å². The number of hydrazone groups is 1. The van der Waals surface area contributed by atoms with Crippen molar-refractivity contribution in [3.8, 4) is 11.5 Å². The van der Waals surface area contributed by atoms with Crippen LogP contribution in [-0.2, 0) is 0 Å². The van der Waals surface area contributed by atoms with Gasteiger partial charge in [0.15, 0.2) is 0 Å². The second kappa shape index (κ2) is 5.84. The van der Waals surface area contributed by atoms with Crippen molar-refractivity contribution in [2.75, 3.05) is 10.7 Å². The summed E-state index contributed by atoms with van der Waals surface area (Å²) in [4.78, 5) is 11.9. The zero-order valence-corrected chi connectivity index (χ0v) is 12.6. The van der Waals surface area contributed by atoms with Crippen molar-refractivity contribution in [2.24, 2.45) is 5.10 Å². The van der Waals surface area contributed by atoms with Crippen LogP contribution in [0, 0.1) is 6.92 Å². The van der Waals surface area contributed by atoms with E-state index in [1.165, 1.54) is 11.2 Å². The lowest BCUT2D eigenvalue weighted by Crippen LogP contribution is -2.40. The number of aryl methyl sites for hydroxylation is 1. The van der Waals surface area contributed by atoms with Gasteiger partial charge in [-0.25, -0.2) is 4.79 Å². The van der Waals surface area contributed by atoms with Crippen LogP contribution in [0.4, 0.5) is 16.2 Å². The van der Waals surface area contributed by atoms with Gasteiger partial charge in [0.2, 0.25) is 0 Å². The number of amides is 2. The molecule has 1 aliphatic rings. The molecule has 6 heteroatoms. The largest absolute Gasteiger partial charge is 0.457 e. The maximum atomic E-state index is 11.9. The van der Waals surface area contributed by atoms with E-state index in [1.54, 1.807) is 36.4 Å². The number of rotatable bonds is 3. The number of hydrogen-bond acceptors (Lipinski definition) is 4. The molecule has 1 heterocycles. The van der Waals surface area contributed by atoms with Crippen LogP contribution in [0.2, 0.25) is 0 Å². The van der Waals surface area contributed by atoms with Gasteiger partial charge in [-0.2, -0.15) is 10.1 Å². The molecule has 3 rings (SSSR count). The molecule has 2 aromatic carbocycles. The lowest BCUT2D eigenvalue weighted by Gasteiger charge is -2.22. The summed E-state index contributed by atoms with van der Waals surface area (Å²) < 4.78 is 5.82. The predicted molar refractivity (Wildman–Crippen MR) is 90.8 cm³/mol. The fourth-order valence-corrected chi connectivity index (χ4v) is 2.13. The maximum absolute atomic E-state index is 11.9. The first-order valence-electron chi connectivity index (χ1n) is 7.01. The lowest BCUT2D eigenvalue weighted by molar-refractivity contribution is 0.248. The summed E-state index contributed by atoms with van der Waals surface area (Å²) in [6.07, 6.45) is 1.50. The molecule has 3 N–H and O–H groups in total. The molecule has 23 heavy (non-hydrogen) atoms. The van der Waals surface area contributed by atoms with E-state index in [1.807, 2.05) is 13.0 Å². The van der Waals surface area contributed by atoms with Crippen LogP contribution in [0.25, 0.3) is 0 Å². The molecule has 0 radical (unpaired) electrons. The number of nitrogens with one attached hydrogen (secondary N) is 1. The third-order valence-electron chi connectivity index (χ3n) is 3.30. The Labute approximate surface area is 133 Å². The summed E-state index contributed by atoms with van der Waals surface area (Å²) in [5.41, 5.74) is 8.33. The van der Waals surface area contributed by atoms with E-state index in [9.17, 15) is 4.79 Å². The first kappa shape index (κ1) is 14.6. The van der Waals surface area contributed by atoms with E-state index < -0.39 is 0 Å². The Bertz CT molecular complexity index is 797. The molecule has 0 unspecified atom stereocenters. The molecular weight excluding hydrogens is 292 g/mol. The predicted octanol–water partition coefficient (Wildman–Crippen LogP) is 3.40. The minimum absolute atomic E-state index is 0.343. The van der Waals surface area contributed by atoms with Gasteiger partial charge in [0, 0.05) is 5.69 Å². The first-order valence-corrected chi connectivity index (χ1v) is 7.01. The van der Waals surface area contributed by atoms with Crippen LogP contribution >= 0.6 is 0 Å². The monoisotopic (exact) mass is 308 g/mol. The molecule has 0 fully saturated rings. The van der Waals surface area contributed by atoms with Gasteiger partial charge in [-0.1, -0.05) is 6.58 Å². The molecule has 6 nitrogen and oxygen atoms in total. The summed E-state index contributed by atoms with van der Waals surface area (Å²) in [5, 5.41) is 7.95. The number of carbonyl (C=O) groups is 1. The van der Waals surface area contributed by atoms with Gasteiger partial charge < -0.3 is 15.8 Å². The maximum Gasteiger partial charge on any atom is 0.347 e. The number of benzene rings is 2. The van der Waals surface area contributed by atoms with Gasteiger partial charge in [0.25, 0.3) is 0 Å². The standard InChI is InChI=1S/C17H16N4O2/c1-11-9-14(21-17(22)20-12(2)10-19-21)5-8-16(11)23-15-6-3-13(18)4-7-15/h3-10H,2,18H2,1H3,(H,20,22). The number of urea groups is 1. The Morgan fingerprint density at radius 3 is 2.61 bits per heavy atom. The van der Waals surface area contributed by atoms with Crippen molar-refractivity contribution >= 4 is 23.6 Å². The van der Waals surface area contributed by atoms with Gasteiger partial charge in [-0.05, 0) is 55.0 Å². The molecule has 0 saturated carbocycles. The van der Waals surface area contributed by atoms with E-state index in [4.69, 9.17) is 10.5 Å². The Kier molecular flexibility index (Phi) is 3.72. The number of nitrogens with zero attached hydrogens (tertiary/aromatic N) is 2. The minimum atomic E-state index is -0.343. The molecule has 0 atom stereocenters. The van der Waals surface area contributed by atoms with Gasteiger partial charge in [-0.15, -0.1) is 0 Å². The normalized spacial score (nSPS) is 13.9. The van der Waals surface area contributed by atoms with Gasteiger partial charge in [0.05, 0.1) is 17.6 Å². The molecule has 116 valence electrons. The van der Waals surface area contributed by atoms with Crippen LogP contribution in [0.3, 0.4) is 0 Å². The number of hydrogen-bond donors (Lipinski definition) is 2. The molecule has 2 amide bonds. The third kappa shape index (κ3) is 3.16. The van der Waals surface area contributed by atoms with Gasteiger partial charge in [-0.3, -0.25) is 0 Å². The van der Waals surface area contributed by atoms with Crippen LogP contribution in [0.15, 0.2) is 59.8 Å². The summed E-state index contributed by atoms with van der Waals surface area (Å²) in [6, 6.07) is 12.2. The second-order valence-corrected chi connectivity index (χ2v) is 5.13. The number of nitrogens with two attached hydrogens (primary N) is 1. The fourth-order valence-electron chi connectivity index (χ4n) is 2.13. The summed E-state index contributed by atoms with van der Waals surface area (Å²) >= 11 is 0. The minimum Gasteiger partial charge on any atom is -0.457 e. The first-order chi connectivity index (χ1) is 11.0. The molecule has 0 bridgehead atoms. The van der Waals surface area contributed by atoms with E-state index >= 15 is 0 Å². The van der Waals surface area contributed by atoms with E-state index in [-0.39, 0.29) is 6.03 Å². The highest BCUT2D eigenvalue weighted by molar-refractivity contribution is 6.00. The highest BCUT2D eigenvalue weighted by Crippen LogP contribution is 2.29. The molecule has 2 aromatic rings. The van der Waals surface area contributed by atoms with Gasteiger partial charge >= 0.3 is 6.03 Å². The SMILES string of the molecule is C=C1C=NN(c2ccc(Oc3ccc(N)cc3)c(C)c2)C(=O)N1. The lowest BCUT2D eigenvalue weighted by atomic mass is 10.2. The van der Waals surface area contributed by atoms with Crippen LogP contribution in [-0.4, -0.2) is 12.2 Å². The summed E-state index contributed by atoms with van der Waals surface area (Å²) in [6.45, 7) is 5.54. The van der Waals surface area contributed by atoms with Gasteiger partial charge in [0.1, 0.15) is 11.5 Å². The summed E-state index contributed by atoms with van der Waals surface area (Å²) in [7, 11) is 0. The molecule has 0 aliphatic carbocycles. The molecule has 0 spiro atoms. The Balaban J connectivity index is 1.83. The van der Waals surface area contributed by atoms with Crippen molar-refractivity contribution in [1.29, 1.82) is 0 Å². The average molecular weight is 308 g/mol. The average Bonchev–Trinajstić information content (AvgIpc) is 2.51. The Morgan fingerprint density at radius 1 is 1.22 bits per heavy atom. The quantitative estimate of drug-likeness (QED) is 0.853. The second-order valence-electron chi connectivity index (χ2n) is 5.13. The topological polar surface area (TPSA) is 79.9 Å². The van der Waals surface area contributed by atoms with Crippen LogP contribution in [0.5, 0.6) is 11.5 Å². The Hall–Kier alpha value is -3.28. The molecule has 0 saturated heterocycles. The third-order valence-corrected chi connectivity index (χ3v) is 3.30. The number of nitrogen functional groups attached to an aromatic ring is 1. The fraction of sp³-hybridized carbons (Fsp3) is 0.0588. The zero-order chi connectivity index (χ0) is 16.4. The van der Waals surface area contributed by atoms with Crippen molar-refractivity contribution in [3.63, 3.8) is 0 Å². The number of allylic oxidation sites excluding steroid dienone is 1. The number of anilines is 2. The highest BCUT2D eigenvalue weighted by atomic mass is 16.5. The van der Waals surface area contributed by atoms with E-state index in [2.05, 4.69) is 17.0 Å². The number of carbonyl (C=O) groups excluding carboxylic acids is 1. The van der Waals surface area contributed by atoms with Crippen LogP contribution in [0.1, 0.15) is 5.56 Å². The number of ether oxygens (including phenoxy) is 1. The van der Waals surface area contributed by atoms with Crippen molar-refractivity contribution < 1.29 is 9.53 Å². The zero-order valence-electron chi connectivity index (χ0n) is 12.6. The van der Waals surface area contributed by atoms with Crippen molar-refractivity contribution in [1.82, 2.24) is 5.32 Å². The molecule has 1 aliphatic heterocycles. The molecule has 0 aromatic heterocycles. The molecular formula is C17H16N4O2. The van der Waals surface area contributed by atoms with E-state index in [0.717, 1.165) is 5.56 Å². The van der Waals surface area contributed by atoms with Crippen molar-refractivity contribution in [3.05, 3.63) is 60.3 Å².